The number of ketones is 1. The number of hydrogen-bond acceptors (Lipinski definition) is 5. The number of aromatic amines is 1. The van der Waals surface area contributed by atoms with E-state index in [0.717, 1.165) is 10.9 Å². The quantitative estimate of drug-likeness (QED) is 0.528. The number of sulfone groups is 1. The van der Waals surface area contributed by atoms with E-state index in [2.05, 4.69) is 4.98 Å². The highest BCUT2D eigenvalue weighted by molar-refractivity contribution is 7.91. The zero-order valence-electron chi connectivity index (χ0n) is 15.0. The Balaban J connectivity index is 1.66. The summed E-state index contributed by atoms with van der Waals surface area (Å²) in [5, 5.41) is 0.743. The highest BCUT2D eigenvalue weighted by Crippen LogP contribution is 2.29. The largest absolute Gasteiger partial charge is 0.449 e. The number of esters is 1. The number of ether oxygens (including phenoxy) is 1. The Labute approximate surface area is 162 Å². The van der Waals surface area contributed by atoms with E-state index in [1.54, 1.807) is 30.5 Å². The van der Waals surface area contributed by atoms with Crippen LogP contribution in [0.1, 0.15) is 28.4 Å². The lowest BCUT2D eigenvalue weighted by Gasteiger charge is -2.19. The zero-order chi connectivity index (χ0) is 19.7. The third-order valence-corrected chi connectivity index (χ3v) is 6.76. The molecule has 1 fully saturated rings. The molecule has 1 aliphatic heterocycles. The van der Waals surface area contributed by atoms with Crippen LogP contribution in [0.2, 0.25) is 0 Å². The van der Waals surface area contributed by atoms with E-state index in [0.29, 0.717) is 11.1 Å². The number of para-hydroxylation sites is 1. The molecule has 0 unspecified atom stereocenters. The maximum Gasteiger partial charge on any atom is 0.311 e. The topological polar surface area (TPSA) is 93.3 Å². The SMILES string of the molecule is O=C(O[C@@H](C(=O)c1c[nH]c2ccccc12)c1ccccc1)[C@H]1CCS(=O)(=O)C1. The summed E-state index contributed by atoms with van der Waals surface area (Å²) in [4.78, 5) is 28.9. The van der Waals surface area contributed by atoms with Gasteiger partial charge in [-0.1, -0.05) is 48.5 Å². The highest BCUT2D eigenvalue weighted by Gasteiger charge is 2.37. The molecule has 1 aromatic heterocycles. The zero-order valence-corrected chi connectivity index (χ0v) is 15.8. The minimum Gasteiger partial charge on any atom is -0.449 e. The van der Waals surface area contributed by atoms with Crippen LogP contribution >= 0.6 is 0 Å². The molecule has 2 aromatic carbocycles. The predicted molar refractivity (Wildman–Crippen MR) is 105 cm³/mol. The second-order valence-electron chi connectivity index (χ2n) is 6.94. The van der Waals surface area contributed by atoms with Crippen molar-refractivity contribution in [3.05, 3.63) is 71.9 Å². The minimum absolute atomic E-state index is 0.0286. The Hall–Kier alpha value is -2.93. The van der Waals surface area contributed by atoms with Gasteiger partial charge in [0.05, 0.1) is 17.4 Å². The lowest BCUT2D eigenvalue weighted by atomic mass is 9.99. The van der Waals surface area contributed by atoms with E-state index in [1.807, 2.05) is 30.3 Å². The monoisotopic (exact) mass is 397 g/mol. The summed E-state index contributed by atoms with van der Waals surface area (Å²) in [6.07, 6.45) is 0.706. The molecule has 1 saturated heterocycles. The number of fused-ring (bicyclic) bond motifs is 1. The van der Waals surface area contributed by atoms with Gasteiger partial charge in [0.1, 0.15) is 0 Å². The van der Waals surface area contributed by atoms with Crippen LogP contribution in [0.25, 0.3) is 10.9 Å². The van der Waals surface area contributed by atoms with E-state index in [-0.39, 0.29) is 23.7 Å². The number of rotatable bonds is 5. The summed E-state index contributed by atoms with van der Waals surface area (Å²) in [6, 6.07) is 16.2. The van der Waals surface area contributed by atoms with Crippen LogP contribution in [0.15, 0.2) is 60.8 Å². The van der Waals surface area contributed by atoms with Crippen molar-refractivity contribution < 1.29 is 22.7 Å². The first-order valence-corrected chi connectivity index (χ1v) is 10.8. The maximum atomic E-state index is 13.3. The highest BCUT2D eigenvalue weighted by atomic mass is 32.2. The molecule has 0 aliphatic carbocycles. The van der Waals surface area contributed by atoms with Gasteiger partial charge < -0.3 is 9.72 Å². The predicted octanol–water partition coefficient (Wildman–Crippen LogP) is 3.07. The first kappa shape index (κ1) is 18.4. The van der Waals surface area contributed by atoms with E-state index < -0.39 is 27.8 Å². The summed E-state index contributed by atoms with van der Waals surface area (Å²) in [5.74, 6) is -1.98. The number of H-pyrrole nitrogens is 1. The molecule has 4 rings (SSSR count). The van der Waals surface area contributed by atoms with Crippen molar-refractivity contribution in [1.29, 1.82) is 0 Å². The van der Waals surface area contributed by atoms with E-state index >= 15 is 0 Å². The second kappa shape index (κ2) is 7.24. The second-order valence-corrected chi connectivity index (χ2v) is 9.17. The van der Waals surface area contributed by atoms with Gasteiger partial charge in [-0.2, -0.15) is 0 Å². The minimum atomic E-state index is -3.22. The van der Waals surface area contributed by atoms with Crippen molar-refractivity contribution in [2.45, 2.75) is 12.5 Å². The lowest BCUT2D eigenvalue weighted by molar-refractivity contribution is -0.151. The van der Waals surface area contributed by atoms with Gasteiger partial charge in [0.2, 0.25) is 5.78 Å². The van der Waals surface area contributed by atoms with Crippen LogP contribution in [-0.4, -0.2) is 36.7 Å². The molecule has 1 N–H and O–H groups in total. The Morgan fingerprint density at radius 2 is 1.75 bits per heavy atom. The Bertz CT molecular complexity index is 1130. The average Bonchev–Trinajstić information content (AvgIpc) is 3.29. The Morgan fingerprint density at radius 1 is 1.04 bits per heavy atom. The molecule has 0 bridgehead atoms. The molecule has 0 amide bonds. The third kappa shape index (κ3) is 3.57. The molecule has 6 nitrogen and oxygen atoms in total. The average molecular weight is 397 g/mol. The summed E-state index contributed by atoms with van der Waals surface area (Å²) < 4.78 is 29.0. The van der Waals surface area contributed by atoms with Gasteiger partial charge in [-0.3, -0.25) is 9.59 Å². The molecular weight excluding hydrogens is 378 g/mol. The number of aromatic nitrogens is 1. The molecule has 1 aliphatic rings. The maximum absolute atomic E-state index is 13.3. The summed E-state index contributed by atoms with van der Waals surface area (Å²) in [5.41, 5.74) is 1.79. The number of carbonyl (C=O) groups is 2. The van der Waals surface area contributed by atoms with Crippen molar-refractivity contribution in [3.8, 4) is 0 Å². The van der Waals surface area contributed by atoms with Gasteiger partial charge in [0.15, 0.2) is 15.9 Å². The molecule has 7 heteroatoms. The van der Waals surface area contributed by atoms with E-state index in [4.69, 9.17) is 4.74 Å². The molecule has 0 radical (unpaired) electrons. The molecule has 0 spiro atoms. The van der Waals surface area contributed by atoms with E-state index in [1.165, 1.54) is 0 Å². The molecule has 0 saturated carbocycles. The van der Waals surface area contributed by atoms with Crippen molar-refractivity contribution in [3.63, 3.8) is 0 Å². The molecular formula is C21H19NO5S. The van der Waals surface area contributed by atoms with Gasteiger partial charge >= 0.3 is 5.97 Å². The van der Waals surface area contributed by atoms with Crippen LogP contribution < -0.4 is 0 Å². The number of hydrogen-bond donors (Lipinski definition) is 1. The van der Waals surface area contributed by atoms with Gasteiger partial charge in [0, 0.05) is 28.2 Å². The normalized spacial score (nSPS) is 19.4. The third-order valence-electron chi connectivity index (χ3n) is 4.99. The molecule has 144 valence electrons. The Kier molecular flexibility index (Phi) is 4.77. The molecule has 28 heavy (non-hydrogen) atoms. The fraction of sp³-hybridized carbons (Fsp3) is 0.238. The number of benzene rings is 2. The van der Waals surface area contributed by atoms with E-state index in [9.17, 15) is 18.0 Å². The van der Waals surface area contributed by atoms with Crippen LogP contribution in [-0.2, 0) is 19.4 Å². The van der Waals surface area contributed by atoms with Crippen LogP contribution in [0.5, 0.6) is 0 Å². The van der Waals surface area contributed by atoms with Crippen LogP contribution in [0, 0.1) is 5.92 Å². The fourth-order valence-corrected chi connectivity index (χ4v) is 5.24. The van der Waals surface area contributed by atoms with Crippen molar-refractivity contribution >= 4 is 32.5 Å². The fourth-order valence-electron chi connectivity index (χ4n) is 3.51. The van der Waals surface area contributed by atoms with Crippen molar-refractivity contribution in [2.24, 2.45) is 5.92 Å². The van der Waals surface area contributed by atoms with Crippen LogP contribution in [0.4, 0.5) is 0 Å². The Morgan fingerprint density at radius 3 is 2.46 bits per heavy atom. The molecule has 2 atom stereocenters. The first-order chi connectivity index (χ1) is 13.4. The standard InChI is InChI=1S/C21H19NO5S/c23-19(17-12-22-18-9-5-4-8-16(17)18)20(14-6-2-1-3-7-14)27-21(24)15-10-11-28(25,26)13-15/h1-9,12,15,20,22H,10-11,13H2/t15-,20+/m0/s1. The number of carbonyl (C=O) groups excluding carboxylic acids is 2. The van der Waals surface area contributed by atoms with Gasteiger partial charge in [-0.05, 0) is 12.5 Å². The summed E-state index contributed by atoms with van der Waals surface area (Å²) >= 11 is 0. The van der Waals surface area contributed by atoms with Gasteiger partial charge in [-0.15, -0.1) is 0 Å². The summed E-state index contributed by atoms with van der Waals surface area (Å²) in [6.45, 7) is 0. The van der Waals surface area contributed by atoms with Gasteiger partial charge in [0.25, 0.3) is 0 Å². The van der Waals surface area contributed by atoms with Crippen molar-refractivity contribution in [2.75, 3.05) is 11.5 Å². The molecule has 2 heterocycles. The number of nitrogens with one attached hydrogen (secondary N) is 1. The lowest BCUT2D eigenvalue weighted by Crippen LogP contribution is -2.25. The van der Waals surface area contributed by atoms with Crippen molar-refractivity contribution in [1.82, 2.24) is 4.98 Å². The van der Waals surface area contributed by atoms with Crippen LogP contribution in [0.3, 0.4) is 0 Å². The molecule has 3 aromatic rings. The van der Waals surface area contributed by atoms with Gasteiger partial charge in [-0.25, -0.2) is 8.42 Å². The smallest absolute Gasteiger partial charge is 0.311 e. The summed E-state index contributed by atoms with van der Waals surface area (Å²) in [7, 11) is -3.22. The first-order valence-electron chi connectivity index (χ1n) is 9.01. The number of Topliss-reactive ketones (excluding diaryl/α,β-unsaturated/α-hetero) is 1.